The van der Waals surface area contributed by atoms with Crippen LogP contribution in [0.15, 0.2) is 47.0 Å². The van der Waals surface area contributed by atoms with Crippen LogP contribution in [0.3, 0.4) is 0 Å². The molecule has 2 aliphatic carbocycles. The highest BCUT2D eigenvalue weighted by Crippen LogP contribution is 2.61. The number of nitrogens with one attached hydrogen (secondary N) is 2. The number of hydrogen-bond donors (Lipinski definition) is 2. The number of allylic oxidation sites excluding steroid dienone is 3. The van der Waals surface area contributed by atoms with Crippen molar-refractivity contribution in [3.8, 4) is 5.75 Å². The third-order valence-electron chi connectivity index (χ3n) is 6.45. The average Bonchev–Trinajstić information content (AvgIpc) is 3.40. The maximum atomic E-state index is 13.1. The molecule has 10 heteroatoms. The number of fused-ring (bicyclic) bond motifs is 1. The van der Waals surface area contributed by atoms with Crippen LogP contribution in [0.1, 0.15) is 32.6 Å². The fourth-order valence-corrected chi connectivity index (χ4v) is 4.92. The molecule has 4 rings (SSSR count). The normalized spacial score (nSPS) is 25.2. The summed E-state index contributed by atoms with van der Waals surface area (Å²) in [7, 11) is 0. The molecule has 1 saturated carbocycles. The molecule has 0 radical (unpaired) electrons. The van der Waals surface area contributed by atoms with E-state index in [1.807, 2.05) is 17.1 Å². The van der Waals surface area contributed by atoms with Gasteiger partial charge in [0.25, 0.3) is 0 Å². The van der Waals surface area contributed by atoms with E-state index in [1.54, 1.807) is 0 Å². The monoisotopic (exact) mass is 483 g/mol. The minimum atomic E-state index is -4.77. The number of rotatable bonds is 4. The molecule has 0 bridgehead atoms. The van der Waals surface area contributed by atoms with Crippen LogP contribution >= 0.6 is 11.6 Å². The molecule has 3 amide bonds. The predicted octanol–water partition coefficient (Wildman–Crippen LogP) is 5.18. The first kappa shape index (κ1) is 23.5. The second kappa shape index (κ2) is 8.93. The molecule has 1 heterocycles. The molecule has 0 spiro atoms. The zero-order chi connectivity index (χ0) is 23.8. The van der Waals surface area contributed by atoms with Crippen LogP contribution in [-0.4, -0.2) is 42.3 Å². The van der Waals surface area contributed by atoms with E-state index >= 15 is 0 Å². The van der Waals surface area contributed by atoms with Gasteiger partial charge < -0.3 is 20.3 Å². The number of carbonyl (C=O) groups is 2. The molecule has 3 aliphatic rings. The van der Waals surface area contributed by atoms with Crippen molar-refractivity contribution in [1.29, 1.82) is 0 Å². The van der Waals surface area contributed by atoms with Crippen LogP contribution in [0.25, 0.3) is 0 Å². The Kier molecular flexibility index (Phi) is 6.35. The Bertz CT molecular complexity index is 985. The summed E-state index contributed by atoms with van der Waals surface area (Å²) in [5, 5.41) is 6.23. The number of ether oxygens (including phenoxy) is 1. The SMILES string of the molecule is CC12CC(Cl)=CC=C(C(=O)N3CCC(NC(=O)Nc4ccc(OC(F)(F)F)cc4)CC3)C1C2. The number of nitrogens with zero attached hydrogens (tertiary/aromatic N) is 1. The summed E-state index contributed by atoms with van der Waals surface area (Å²) >= 11 is 6.24. The van der Waals surface area contributed by atoms with Gasteiger partial charge in [-0.1, -0.05) is 24.6 Å². The quantitative estimate of drug-likeness (QED) is 0.620. The molecule has 178 valence electrons. The van der Waals surface area contributed by atoms with Crippen LogP contribution in [0.4, 0.5) is 23.7 Å². The summed E-state index contributed by atoms with van der Waals surface area (Å²) in [5.74, 6) is -0.0824. The van der Waals surface area contributed by atoms with Gasteiger partial charge in [0.2, 0.25) is 5.91 Å². The van der Waals surface area contributed by atoms with Crippen LogP contribution in [0.2, 0.25) is 0 Å². The third-order valence-corrected chi connectivity index (χ3v) is 6.71. The Balaban J connectivity index is 1.25. The first-order valence-corrected chi connectivity index (χ1v) is 11.2. The van der Waals surface area contributed by atoms with Crippen molar-refractivity contribution < 1.29 is 27.5 Å². The largest absolute Gasteiger partial charge is 0.573 e. The van der Waals surface area contributed by atoms with E-state index in [9.17, 15) is 22.8 Å². The van der Waals surface area contributed by atoms with Gasteiger partial charge in [-0.25, -0.2) is 4.79 Å². The molecule has 1 saturated heterocycles. The van der Waals surface area contributed by atoms with Gasteiger partial charge in [0.1, 0.15) is 5.75 Å². The molecule has 2 fully saturated rings. The van der Waals surface area contributed by atoms with E-state index in [0.29, 0.717) is 31.6 Å². The molecule has 1 aromatic rings. The molecule has 0 aromatic heterocycles. The summed E-state index contributed by atoms with van der Waals surface area (Å²) in [5.41, 5.74) is 1.23. The number of amides is 3. The maximum Gasteiger partial charge on any atom is 0.573 e. The predicted molar refractivity (Wildman–Crippen MR) is 118 cm³/mol. The highest BCUT2D eigenvalue weighted by Gasteiger charge is 2.54. The number of piperidine rings is 1. The number of urea groups is 1. The van der Waals surface area contributed by atoms with Gasteiger partial charge in [-0.3, -0.25) is 4.79 Å². The van der Waals surface area contributed by atoms with Gasteiger partial charge in [0.15, 0.2) is 0 Å². The summed E-state index contributed by atoms with van der Waals surface area (Å²) in [6.07, 6.45) is 1.91. The molecule has 2 unspecified atom stereocenters. The Morgan fingerprint density at radius 1 is 1.15 bits per heavy atom. The topological polar surface area (TPSA) is 70.7 Å². The minimum Gasteiger partial charge on any atom is -0.406 e. The average molecular weight is 484 g/mol. The standard InChI is InChI=1S/C23H25ClF3N3O3/c1-22-12-14(24)2-7-18(19(22)13-22)20(31)30-10-8-16(9-11-30)29-21(32)28-15-3-5-17(6-4-15)33-23(25,26)27/h2-7,16,19H,8-13H2,1H3,(H2,28,29,32). The Hall–Kier alpha value is -2.68. The van der Waals surface area contributed by atoms with Crippen molar-refractivity contribution in [2.45, 2.75) is 45.0 Å². The Morgan fingerprint density at radius 2 is 1.82 bits per heavy atom. The molecule has 1 aliphatic heterocycles. The van der Waals surface area contributed by atoms with E-state index in [4.69, 9.17) is 11.6 Å². The maximum absolute atomic E-state index is 13.1. The van der Waals surface area contributed by atoms with Crippen LogP contribution in [-0.2, 0) is 4.79 Å². The van der Waals surface area contributed by atoms with E-state index in [-0.39, 0.29) is 29.0 Å². The summed E-state index contributed by atoms with van der Waals surface area (Å²) in [6.45, 7) is 3.23. The van der Waals surface area contributed by atoms with Crippen molar-refractivity contribution in [3.63, 3.8) is 0 Å². The smallest absolute Gasteiger partial charge is 0.406 e. The number of benzene rings is 1. The van der Waals surface area contributed by atoms with Gasteiger partial charge in [-0.2, -0.15) is 0 Å². The first-order valence-electron chi connectivity index (χ1n) is 10.8. The fraction of sp³-hybridized carbons (Fsp3) is 0.478. The summed E-state index contributed by atoms with van der Waals surface area (Å²) < 4.78 is 40.5. The molecule has 6 nitrogen and oxygen atoms in total. The zero-order valence-corrected chi connectivity index (χ0v) is 18.8. The summed E-state index contributed by atoms with van der Waals surface area (Å²) in [4.78, 5) is 27.2. The molecular formula is C23H25ClF3N3O3. The van der Waals surface area contributed by atoms with Gasteiger partial charge in [0, 0.05) is 35.4 Å². The molecule has 2 atom stereocenters. The van der Waals surface area contributed by atoms with Gasteiger partial charge >= 0.3 is 12.4 Å². The lowest BCUT2D eigenvalue weighted by atomic mass is 9.97. The van der Waals surface area contributed by atoms with Gasteiger partial charge in [0.05, 0.1) is 0 Å². The fourth-order valence-electron chi connectivity index (χ4n) is 4.55. The van der Waals surface area contributed by atoms with Crippen LogP contribution in [0.5, 0.6) is 5.75 Å². The number of hydrogen-bond acceptors (Lipinski definition) is 3. The van der Waals surface area contributed by atoms with Crippen molar-refractivity contribution in [2.75, 3.05) is 18.4 Å². The first-order chi connectivity index (χ1) is 15.5. The van der Waals surface area contributed by atoms with E-state index < -0.39 is 12.4 Å². The van der Waals surface area contributed by atoms with E-state index in [2.05, 4.69) is 22.3 Å². The number of carbonyl (C=O) groups excluding carboxylic acids is 2. The second-order valence-corrected chi connectivity index (χ2v) is 9.55. The van der Waals surface area contributed by atoms with Crippen molar-refractivity contribution >= 4 is 29.2 Å². The number of anilines is 1. The lowest BCUT2D eigenvalue weighted by Gasteiger charge is -2.33. The number of alkyl halides is 3. The molecule has 1 aromatic carbocycles. The lowest BCUT2D eigenvalue weighted by molar-refractivity contribution is -0.274. The Labute approximate surface area is 194 Å². The Morgan fingerprint density at radius 3 is 2.45 bits per heavy atom. The molecule has 33 heavy (non-hydrogen) atoms. The van der Waals surface area contributed by atoms with E-state index in [0.717, 1.165) is 35.6 Å². The van der Waals surface area contributed by atoms with Crippen LogP contribution < -0.4 is 15.4 Å². The van der Waals surface area contributed by atoms with Gasteiger partial charge in [-0.05, 0) is 67.4 Å². The van der Waals surface area contributed by atoms with Crippen molar-refractivity contribution in [1.82, 2.24) is 10.2 Å². The van der Waals surface area contributed by atoms with Gasteiger partial charge in [-0.15, -0.1) is 13.2 Å². The lowest BCUT2D eigenvalue weighted by Crippen LogP contribution is -2.48. The number of likely N-dealkylation sites (tertiary alicyclic amines) is 1. The van der Waals surface area contributed by atoms with E-state index in [1.165, 1.54) is 12.1 Å². The van der Waals surface area contributed by atoms with Crippen molar-refractivity contribution in [2.24, 2.45) is 11.3 Å². The number of halogens is 4. The minimum absolute atomic E-state index is 0.0374. The highest BCUT2D eigenvalue weighted by atomic mass is 35.5. The zero-order valence-electron chi connectivity index (χ0n) is 18.0. The highest BCUT2D eigenvalue weighted by molar-refractivity contribution is 6.29. The van der Waals surface area contributed by atoms with Crippen LogP contribution in [0, 0.1) is 11.3 Å². The third kappa shape index (κ3) is 5.82. The summed E-state index contributed by atoms with van der Waals surface area (Å²) in [6, 6.07) is 4.35. The van der Waals surface area contributed by atoms with Crippen molar-refractivity contribution in [3.05, 3.63) is 47.0 Å². The molecular weight excluding hydrogens is 459 g/mol. The second-order valence-electron chi connectivity index (χ2n) is 9.06. The molecule has 2 N–H and O–H groups in total.